The summed E-state index contributed by atoms with van der Waals surface area (Å²) < 4.78 is 5.37. The standard InChI is InChI=1S/C12H18ClNO/c1-2-8-15-9-7-14-12-5-3-11(10-13)4-6-12/h3-6,14H,2,7-10H2,1H3. The van der Waals surface area contributed by atoms with E-state index in [1.54, 1.807) is 0 Å². The van der Waals surface area contributed by atoms with Crippen molar-refractivity contribution in [2.24, 2.45) is 0 Å². The van der Waals surface area contributed by atoms with Crippen LogP contribution in [0.4, 0.5) is 5.69 Å². The highest BCUT2D eigenvalue weighted by molar-refractivity contribution is 6.17. The predicted molar refractivity (Wildman–Crippen MR) is 65.6 cm³/mol. The first kappa shape index (κ1) is 12.3. The van der Waals surface area contributed by atoms with E-state index in [0.717, 1.165) is 37.4 Å². The molecule has 15 heavy (non-hydrogen) atoms. The van der Waals surface area contributed by atoms with Gasteiger partial charge in [-0.2, -0.15) is 0 Å². The van der Waals surface area contributed by atoms with E-state index >= 15 is 0 Å². The monoisotopic (exact) mass is 227 g/mol. The molecule has 84 valence electrons. The van der Waals surface area contributed by atoms with E-state index in [9.17, 15) is 0 Å². The van der Waals surface area contributed by atoms with Crippen LogP contribution in [0.25, 0.3) is 0 Å². The van der Waals surface area contributed by atoms with Gasteiger partial charge < -0.3 is 10.1 Å². The molecule has 0 spiro atoms. The summed E-state index contributed by atoms with van der Waals surface area (Å²) in [7, 11) is 0. The minimum absolute atomic E-state index is 0.569. The van der Waals surface area contributed by atoms with Gasteiger partial charge in [-0.3, -0.25) is 0 Å². The third kappa shape index (κ3) is 5.05. The Labute approximate surface area is 96.6 Å². The van der Waals surface area contributed by atoms with E-state index in [1.807, 2.05) is 24.3 Å². The van der Waals surface area contributed by atoms with Gasteiger partial charge in [-0.25, -0.2) is 0 Å². The van der Waals surface area contributed by atoms with Crippen molar-refractivity contribution in [3.05, 3.63) is 29.8 Å². The van der Waals surface area contributed by atoms with Crippen LogP contribution in [0.2, 0.25) is 0 Å². The van der Waals surface area contributed by atoms with E-state index in [2.05, 4.69) is 12.2 Å². The van der Waals surface area contributed by atoms with Gasteiger partial charge in [0.15, 0.2) is 0 Å². The Kier molecular flexibility index (Phi) is 6.21. The number of nitrogens with one attached hydrogen (secondary N) is 1. The van der Waals surface area contributed by atoms with Crippen LogP contribution in [-0.4, -0.2) is 19.8 Å². The Morgan fingerprint density at radius 2 is 1.93 bits per heavy atom. The normalized spacial score (nSPS) is 10.3. The summed E-state index contributed by atoms with van der Waals surface area (Å²) >= 11 is 5.70. The van der Waals surface area contributed by atoms with Crippen molar-refractivity contribution in [3.63, 3.8) is 0 Å². The number of anilines is 1. The topological polar surface area (TPSA) is 21.3 Å². The van der Waals surface area contributed by atoms with Crippen molar-refractivity contribution in [1.82, 2.24) is 0 Å². The second-order valence-electron chi connectivity index (χ2n) is 3.37. The fraction of sp³-hybridized carbons (Fsp3) is 0.500. The van der Waals surface area contributed by atoms with Crippen molar-refractivity contribution < 1.29 is 4.74 Å². The zero-order valence-corrected chi connectivity index (χ0v) is 9.89. The van der Waals surface area contributed by atoms with Gasteiger partial charge in [-0.05, 0) is 24.1 Å². The Morgan fingerprint density at radius 3 is 2.53 bits per heavy atom. The van der Waals surface area contributed by atoms with Crippen molar-refractivity contribution >= 4 is 17.3 Å². The molecule has 2 nitrogen and oxygen atoms in total. The number of rotatable bonds is 7. The van der Waals surface area contributed by atoms with Crippen LogP contribution in [0.1, 0.15) is 18.9 Å². The zero-order valence-electron chi connectivity index (χ0n) is 9.13. The molecule has 0 bridgehead atoms. The molecule has 0 atom stereocenters. The number of halogens is 1. The highest BCUT2D eigenvalue weighted by Crippen LogP contribution is 2.10. The van der Waals surface area contributed by atoms with Gasteiger partial charge >= 0.3 is 0 Å². The number of alkyl halides is 1. The summed E-state index contributed by atoms with van der Waals surface area (Å²) in [6.45, 7) is 4.55. The number of ether oxygens (including phenoxy) is 1. The SMILES string of the molecule is CCCOCCNc1ccc(CCl)cc1. The van der Waals surface area contributed by atoms with Gasteiger partial charge in [-0.1, -0.05) is 19.1 Å². The molecule has 0 amide bonds. The van der Waals surface area contributed by atoms with Crippen LogP contribution < -0.4 is 5.32 Å². The first-order valence-electron chi connectivity index (χ1n) is 5.33. The third-order valence-corrected chi connectivity index (χ3v) is 2.34. The molecule has 1 N–H and O–H groups in total. The lowest BCUT2D eigenvalue weighted by Crippen LogP contribution is -2.09. The van der Waals surface area contributed by atoms with Gasteiger partial charge in [0, 0.05) is 24.7 Å². The molecular formula is C12H18ClNO. The average molecular weight is 228 g/mol. The molecule has 1 aromatic rings. The molecule has 0 fully saturated rings. The molecule has 0 unspecified atom stereocenters. The van der Waals surface area contributed by atoms with Gasteiger partial charge in [0.05, 0.1) is 6.61 Å². The second-order valence-corrected chi connectivity index (χ2v) is 3.64. The minimum Gasteiger partial charge on any atom is -0.383 e. The number of hydrogen-bond donors (Lipinski definition) is 1. The molecule has 0 radical (unpaired) electrons. The smallest absolute Gasteiger partial charge is 0.0639 e. The summed E-state index contributed by atoms with van der Waals surface area (Å²) in [5.74, 6) is 0.569. The lowest BCUT2D eigenvalue weighted by molar-refractivity contribution is 0.144. The predicted octanol–water partition coefficient (Wildman–Crippen LogP) is 3.26. The summed E-state index contributed by atoms with van der Waals surface area (Å²) in [5.41, 5.74) is 2.26. The molecular weight excluding hydrogens is 210 g/mol. The van der Waals surface area contributed by atoms with Crippen molar-refractivity contribution in [3.8, 4) is 0 Å². The number of hydrogen-bond acceptors (Lipinski definition) is 2. The van der Waals surface area contributed by atoms with Crippen LogP contribution in [0.3, 0.4) is 0 Å². The van der Waals surface area contributed by atoms with Gasteiger partial charge in [0.25, 0.3) is 0 Å². The molecule has 1 rings (SSSR count). The van der Waals surface area contributed by atoms with Crippen LogP contribution in [0, 0.1) is 0 Å². The fourth-order valence-electron chi connectivity index (χ4n) is 1.23. The van der Waals surface area contributed by atoms with E-state index in [0.29, 0.717) is 5.88 Å². The Morgan fingerprint density at radius 1 is 1.20 bits per heavy atom. The van der Waals surface area contributed by atoms with E-state index < -0.39 is 0 Å². The lowest BCUT2D eigenvalue weighted by atomic mass is 10.2. The van der Waals surface area contributed by atoms with Crippen molar-refractivity contribution in [2.45, 2.75) is 19.2 Å². The zero-order chi connectivity index (χ0) is 10.9. The molecule has 0 heterocycles. The third-order valence-electron chi connectivity index (χ3n) is 2.03. The first-order valence-corrected chi connectivity index (χ1v) is 5.86. The maximum atomic E-state index is 5.70. The van der Waals surface area contributed by atoms with Crippen LogP contribution in [0.5, 0.6) is 0 Å². The van der Waals surface area contributed by atoms with E-state index in [1.165, 1.54) is 0 Å². The first-order chi connectivity index (χ1) is 7.36. The summed E-state index contributed by atoms with van der Waals surface area (Å²) in [5, 5.41) is 3.29. The summed E-state index contributed by atoms with van der Waals surface area (Å²) in [6, 6.07) is 8.14. The molecule has 0 aliphatic heterocycles. The molecule has 0 saturated carbocycles. The van der Waals surface area contributed by atoms with Crippen LogP contribution >= 0.6 is 11.6 Å². The van der Waals surface area contributed by atoms with Crippen molar-refractivity contribution in [2.75, 3.05) is 25.1 Å². The quantitative estimate of drug-likeness (QED) is 0.570. The van der Waals surface area contributed by atoms with Crippen LogP contribution in [0.15, 0.2) is 24.3 Å². The lowest BCUT2D eigenvalue weighted by Gasteiger charge is -2.07. The summed E-state index contributed by atoms with van der Waals surface area (Å²) in [4.78, 5) is 0. The molecule has 0 aliphatic carbocycles. The maximum absolute atomic E-state index is 5.70. The highest BCUT2D eigenvalue weighted by Gasteiger charge is 1.92. The van der Waals surface area contributed by atoms with Crippen LogP contribution in [-0.2, 0) is 10.6 Å². The summed E-state index contributed by atoms with van der Waals surface area (Å²) in [6.07, 6.45) is 1.07. The minimum atomic E-state index is 0.569. The molecule has 0 aromatic heterocycles. The van der Waals surface area contributed by atoms with Gasteiger partial charge in [0.2, 0.25) is 0 Å². The van der Waals surface area contributed by atoms with Gasteiger partial charge in [0.1, 0.15) is 0 Å². The number of benzene rings is 1. The molecule has 1 aromatic carbocycles. The Bertz CT molecular complexity index is 261. The fourth-order valence-corrected chi connectivity index (χ4v) is 1.40. The highest BCUT2D eigenvalue weighted by atomic mass is 35.5. The molecule has 0 saturated heterocycles. The molecule has 3 heteroatoms. The maximum Gasteiger partial charge on any atom is 0.0639 e. The van der Waals surface area contributed by atoms with Crippen molar-refractivity contribution in [1.29, 1.82) is 0 Å². The average Bonchev–Trinajstić information content (AvgIpc) is 2.30. The Balaban J connectivity index is 2.20. The largest absolute Gasteiger partial charge is 0.383 e. The Hall–Kier alpha value is -0.730. The molecule has 0 aliphatic rings. The van der Waals surface area contributed by atoms with E-state index in [4.69, 9.17) is 16.3 Å². The second kappa shape index (κ2) is 7.55. The van der Waals surface area contributed by atoms with E-state index in [-0.39, 0.29) is 0 Å². The van der Waals surface area contributed by atoms with Gasteiger partial charge in [-0.15, -0.1) is 11.6 Å².